The van der Waals surface area contributed by atoms with E-state index in [-0.39, 0.29) is 35.2 Å². The van der Waals surface area contributed by atoms with Crippen LogP contribution in [0.5, 0.6) is 0 Å². The molecule has 5 heteroatoms. The molecule has 166 valence electrons. The van der Waals surface area contributed by atoms with Gasteiger partial charge in [0.25, 0.3) is 5.91 Å². The van der Waals surface area contributed by atoms with Gasteiger partial charge in [0.15, 0.2) is 0 Å². The minimum Gasteiger partial charge on any atom is -0.353 e. The van der Waals surface area contributed by atoms with E-state index in [0.717, 1.165) is 31.2 Å². The first-order valence-electron chi connectivity index (χ1n) is 11.2. The van der Waals surface area contributed by atoms with Gasteiger partial charge in [0.1, 0.15) is 0 Å². The van der Waals surface area contributed by atoms with Crippen molar-refractivity contribution >= 4 is 17.5 Å². The van der Waals surface area contributed by atoms with Crippen molar-refractivity contribution in [1.29, 1.82) is 0 Å². The third kappa shape index (κ3) is 6.17. The summed E-state index contributed by atoms with van der Waals surface area (Å²) in [6.45, 7) is 8.36. The summed E-state index contributed by atoms with van der Waals surface area (Å²) in [7, 11) is 0. The zero-order chi connectivity index (χ0) is 22.6. The molecule has 1 atom stereocenters. The number of nitrogens with two attached hydrogens (primary N) is 1. The highest BCUT2D eigenvalue weighted by Crippen LogP contribution is 2.24. The molecule has 3 rings (SSSR count). The summed E-state index contributed by atoms with van der Waals surface area (Å²) in [5, 5.41) is 6.09. The van der Waals surface area contributed by atoms with Gasteiger partial charge in [-0.2, -0.15) is 0 Å². The van der Waals surface area contributed by atoms with Crippen LogP contribution in [0.1, 0.15) is 80.8 Å². The van der Waals surface area contributed by atoms with Gasteiger partial charge in [0.2, 0.25) is 5.91 Å². The Morgan fingerprint density at radius 2 is 1.52 bits per heavy atom. The minimum atomic E-state index is -0.245. The van der Waals surface area contributed by atoms with Gasteiger partial charge in [0, 0.05) is 23.3 Å². The molecule has 0 bridgehead atoms. The van der Waals surface area contributed by atoms with Crippen LogP contribution in [0.3, 0.4) is 0 Å². The Kier molecular flexibility index (Phi) is 7.16. The molecule has 0 radical (unpaired) electrons. The molecule has 31 heavy (non-hydrogen) atoms. The molecule has 0 aromatic heterocycles. The first-order chi connectivity index (χ1) is 14.6. The zero-order valence-corrected chi connectivity index (χ0v) is 19.1. The Morgan fingerprint density at radius 1 is 0.935 bits per heavy atom. The van der Waals surface area contributed by atoms with E-state index >= 15 is 0 Å². The number of benzene rings is 2. The first kappa shape index (κ1) is 23.0. The molecule has 4 N–H and O–H groups in total. The number of amides is 2. The highest BCUT2D eigenvalue weighted by atomic mass is 16.2. The van der Waals surface area contributed by atoms with Gasteiger partial charge in [-0.25, -0.2) is 0 Å². The Balaban J connectivity index is 1.56. The smallest absolute Gasteiger partial charge is 0.255 e. The van der Waals surface area contributed by atoms with E-state index < -0.39 is 0 Å². The molecular weight excluding hydrogens is 386 g/mol. The first-order valence-corrected chi connectivity index (χ1v) is 11.2. The Labute approximate surface area is 185 Å². The van der Waals surface area contributed by atoms with Crippen LogP contribution in [0.15, 0.2) is 48.5 Å². The predicted octanol–water partition coefficient (Wildman–Crippen LogP) is 4.73. The van der Waals surface area contributed by atoms with Gasteiger partial charge in [0.05, 0.1) is 5.92 Å². The van der Waals surface area contributed by atoms with Crippen molar-refractivity contribution in [3.8, 4) is 0 Å². The number of carbonyl (C=O) groups excluding carboxylic acids is 2. The van der Waals surface area contributed by atoms with Crippen LogP contribution in [0.2, 0.25) is 0 Å². The lowest BCUT2D eigenvalue weighted by Gasteiger charge is -2.28. The van der Waals surface area contributed by atoms with Crippen LogP contribution in [-0.4, -0.2) is 23.9 Å². The van der Waals surface area contributed by atoms with Crippen molar-refractivity contribution in [3.05, 3.63) is 65.2 Å². The van der Waals surface area contributed by atoms with E-state index in [0.29, 0.717) is 11.3 Å². The van der Waals surface area contributed by atoms with Gasteiger partial charge in [-0.3, -0.25) is 9.59 Å². The lowest BCUT2D eigenvalue weighted by molar-refractivity contribution is -0.123. The summed E-state index contributed by atoms with van der Waals surface area (Å²) in [4.78, 5) is 25.2. The Morgan fingerprint density at radius 3 is 2.06 bits per heavy atom. The average Bonchev–Trinajstić information content (AvgIpc) is 2.75. The number of anilines is 1. The predicted molar refractivity (Wildman–Crippen MR) is 126 cm³/mol. The molecule has 1 fully saturated rings. The highest BCUT2D eigenvalue weighted by molar-refractivity contribution is 6.04. The number of hydrogen-bond donors (Lipinski definition) is 3. The van der Waals surface area contributed by atoms with Crippen molar-refractivity contribution in [1.82, 2.24) is 5.32 Å². The van der Waals surface area contributed by atoms with Gasteiger partial charge < -0.3 is 16.4 Å². The maximum atomic E-state index is 12.6. The molecule has 2 amide bonds. The quantitative estimate of drug-likeness (QED) is 0.653. The lowest BCUT2D eigenvalue weighted by Crippen LogP contribution is -2.42. The topological polar surface area (TPSA) is 84.2 Å². The fraction of sp³-hybridized carbons (Fsp3) is 0.462. The summed E-state index contributed by atoms with van der Waals surface area (Å²) >= 11 is 0. The summed E-state index contributed by atoms with van der Waals surface area (Å²) in [5.41, 5.74) is 9.45. The maximum Gasteiger partial charge on any atom is 0.255 e. The second kappa shape index (κ2) is 9.65. The van der Waals surface area contributed by atoms with Crippen molar-refractivity contribution in [2.45, 2.75) is 76.8 Å². The number of carbonyl (C=O) groups is 2. The van der Waals surface area contributed by atoms with Crippen molar-refractivity contribution < 1.29 is 9.59 Å². The summed E-state index contributed by atoms with van der Waals surface area (Å²) in [6.07, 6.45) is 3.82. The van der Waals surface area contributed by atoms with Crippen LogP contribution in [-0.2, 0) is 10.2 Å². The van der Waals surface area contributed by atoms with Crippen LogP contribution in [0.4, 0.5) is 5.69 Å². The number of rotatable bonds is 5. The van der Waals surface area contributed by atoms with Crippen molar-refractivity contribution in [2.75, 3.05) is 5.32 Å². The van der Waals surface area contributed by atoms with E-state index in [9.17, 15) is 9.59 Å². The van der Waals surface area contributed by atoms with Gasteiger partial charge in [-0.15, -0.1) is 0 Å². The molecule has 1 aliphatic carbocycles. The van der Waals surface area contributed by atoms with E-state index in [4.69, 9.17) is 5.73 Å². The van der Waals surface area contributed by atoms with E-state index in [1.54, 1.807) is 0 Å². The van der Waals surface area contributed by atoms with Crippen LogP contribution in [0, 0.1) is 0 Å². The molecule has 2 aromatic rings. The Hall–Kier alpha value is -2.66. The second-order valence-electron chi connectivity index (χ2n) is 9.75. The average molecular weight is 422 g/mol. The Bertz CT molecular complexity index is 890. The molecule has 0 spiro atoms. The largest absolute Gasteiger partial charge is 0.353 e. The molecule has 1 unspecified atom stereocenters. The molecule has 2 aromatic carbocycles. The molecule has 5 nitrogen and oxygen atoms in total. The normalized spacial score (nSPS) is 20.0. The molecular formula is C26H35N3O2. The van der Waals surface area contributed by atoms with Gasteiger partial charge in [-0.1, -0.05) is 45.0 Å². The van der Waals surface area contributed by atoms with E-state index in [1.807, 2.05) is 55.5 Å². The maximum absolute atomic E-state index is 12.6. The fourth-order valence-electron chi connectivity index (χ4n) is 3.92. The van der Waals surface area contributed by atoms with Crippen LogP contribution >= 0.6 is 0 Å². The third-order valence-electron chi connectivity index (χ3n) is 6.19. The molecule has 1 saturated carbocycles. The second-order valence-corrected chi connectivity index (χ2v) is 9.75. The van der Waals surface area contributed by atoms with Gasteiger partial charge in [-0.05, 0) is 73.4 Å². The summed E-state index contributed by atoms with van der Waals surface area (Å²) < 4.78 is 0. The van der Waals surface area contributed by atoms with Crippen molar-refractivity contribution in [2.24, 2.45) is 5.73 Å². The monoisotopic (exact) mass is 421 g/mol. The standard InChI is InChI=1S/C26H35N3O2/c1-17(24(30)28-23-15-11-21(27)12-16-23)18-7-13-22(14-8-18)29-25(31)19-5-9-20(10-6-19)26(2,3)4/h5-10,13-14,17,21,23H,11-12,15-16,27H2,1-4H3,(H,28,30)(H,29,31). The highest BCUT2D eigenvalue weighted by Gasteiger charge is 2.23. The molecule has 0 saturated heterocycles. The minimum absolute atomic E-state index is 0.0381. The van der Waals surface area contributed by atoms with Gasteiger partial charge >= 0.3 is 0 Å². The molecule has 0 heterocycles. The summed E-state index contributed by atoms with van der Waals surface area (Å²) in [6, 6.07) is 15.7. The zero-order valence-electron chi connectivity index (χ0n) is 19.1. The number of hydrogen-bond acceptors (Lipinski definition) is 3. The van der Waals surface area contributed by atoms with E-state index in [2.05, 4.69) is 31.4 Å². The molecule has 1 aliphatic rings. The SMILES string of the molecule is CC(C(=O)NC1CCC(N)CC1)c1ccc(NC(=O)c2ccc(C(C)(C)C)cc2)cc1. The summed E-state index contributed by atoms with van der Waals surface area (Å²) in [5.74, 6) is -0.351. The van der Waals surface area contributed by atoms with Crippen molar-refractivity contribution in [3.63, 3.8) is 0 Å². The number of nitrogens with one attached hydrogen (secondary N) is 2. The lowest BCUT2D eigenvalue weighted by atomic mass is 9.87. The fourth-order valence-corrected chi connectivity index (χ4v) is 3.92. The molecule has 0 aliphatic heterocycles. The third-order valence-corrected chi connectivity index (χ3v) is 6.19. The van der Waals surface area contributed by atoms with E-state index in [1.165, 1.54) is 5.56 Å². The van der Waals surface area contributed by atoms with Crippen LogP contribution in [0.25, 0.3) is 0 Å². The van der Waals surface area contributed by atoms with Crippen LogP contribution < -0.4 is 16.4 Å².